The summed E-state index contributed by atoms with van der Waals surface area (Å²) < 4.78 is 0. The minimum Gasteiger partial charge on any atom is -0.372 e. The van der Waals surface area contributed by atoms with Crippen molar-refractivity contribution >= 4 is 40.2 Å². The maximum absolute atomic E-state index is 12.8. The lowest BCUT2D eigenvalue weighted by atomic mass is 10.1. The number of hydrogen-bond acceptors (Lipinski definition) is 6. The van der Waals surface area contributed by atoms with E-state index < -0.39 is 6.04 Å². The Morgan fingerprint density at radius 3 is 2.89 bits per heavy atom. The molecule has 2 saturated heterocycles. The lowest BCUT2D eigenvalue weighted by Gasteiger charge is -2.19. The van der Waals surface area contributed by atoms with Crippen molar-refractivity contribution in [3.63, 3.8) is 0 Å². The number of hydrogen-bond donors (Lipinski definition) is 1. The second kappa shape index (κ2) is 8.07. The van der Waals surface area contributed by atoms with Crippen LogP contribution in [-0.4, -0.2) is 59.0 Å². The van der Waals surface area contributed by atoms with E-state index in [1.165, 1.54) is 17.7 Å². The molecule has 3 heterocycles. The third-order valence-electron chi connectivity index (χ3n) is 5.19. The minimum atomic E-state index is -0.417. The van der Waals surface area contributed by atoms with E-state index in [0.29, 0.717) is 17.2 Å². The van der Waals surface area contributed by atoms with Crippen LogP contribution in [0.4, 0.5) is 5.69 Å². The summed E-state index contributed by atoms with van der Waals surface area (Å²) in [7, 11) is 0. The van der Waals surface area contributed by atoms with Gasteiger partial charge in [0.2, 0.25) is 5.91 Å². The van der Waals surface area contributed by atoms with Gasteiger partial charge in [-0.1, -0.05) is 0 Å². The van der Waals surface area contributed by atoms with E-state index in [-0.39, 0.29) is 18.4 Å². The highest BCUT2D eigenvalue weighted by molar-refractivity contribution is 7.99. The zero-order valence-corrected chi connectivity index (χ0v) is 16.2. The number of nitrogens with one attached hydrogen (secondary N) is 1. The summed E-state index contributed by atoms with van der Waals surface area (Å²) in [4.78, 5) is 33.3. The molecular formula is C20H21N5O2S. The van der Waals surface area contributed by atoms with Gasteiger partial charge in [0.1, 0.15) is 6.04 Å². The Labute approximate surface area is 167 Å². The minimum absolute atomic E-state index is 0.118. The second-order valence-electron chi connectivity index (χ2n) is 6.95. The zero-order chi connectivity index (χ0) is 19.5. The van der Waals surface area contributed by atoms with Gasteiger partial charge in [0, 0.05) is 36.1 Å². The number of carbonyl (C=O) groups is 2. The molecule has 4 rings (SSSR count). The standard InChI is InChI=1S/C20H21N5O2S/c21-10-15-12-28-13-25(15)19(26)11-23-20(27)16-5-6-22-18-4-3-14(9-17(16)18)24-7-1-2-8-24/h3-6,9,15H,1-2,7-8,11-13H2,(H,23,27). The highest BCUT2D eigenvalue weighted by atomic mass is 32.2. The van der Waals surface area contributed by atoms with Crippen LogP contribution in [0.15, 0.2) is 30.5 Å². The van der Waals surface area contributed by atoms with Crippen LogP contribution in [0.25, 0.3) is 10.9 Å². The first kappa shape index (κ1) is 18.6. The summed E-state index contributed by atoms with van der Waals surface area (Å²) in [6, 6.07) is 9.37. The van der Waals surface area contributed by atoms with Crippen molar-refractivity contribution < 1.29 is 9.59 Å². The predicted molar refractivity (Wildman–Crippen MR) is 109 cm³/mol. The summed E-state index contributed by atoms with van der Waals surface area (Å²) >= 11 is 1.55. The van der Waals surface area contributed by atoms with E-state index in [1.807, 2.05) is 18.2 Å². The van der Waals surface area contributed by atoms with Gasteiger partial charge < -0.3 is 15.1 Å². The number of benzene rings is 1. The van der Waals surface area contributed by atoms with Gasteiger partial charge in [-0.05, 0) is 37.1 Å². The highest BCUT2D eigenvalue weighted by Gasteiger charge is 2.29. The average molecular weight is 395 g/mol. The Balaban J connectivity index is 1.51. The molecule has 2 aliphatic heterocycles. The number of rotatable bonds is 4. The molecule has 2 amide bonds. The smallest absolute Gasteiger partial charge is 0.252 e. The van der Waals surface area contributed by atoms with E-state index in [4.69, 9.17) is 5.26 Å². The number of nitriles is 1. The van der Waals surface area contributed by atoms with Gasteiger partial charge in [-0.25, -0.2) is 0 Å². The molecule has 28 heavy (non-hydrogen) atoms. The number of fused-ring (bicyclic) bond motifs is 1. The molecule has 1 unspecified atom stereocenters. The van der Waals surface area contributed by atoms with Crippen LogP contribution in [0.3, 0.4) is 0 Å². The molecule has 8 heteroatoms. The van der Waals surface area contributed by atoms with E-state index >= 15 is 0 Å². The molecule has 2 aliphatic rings. The van der Waals surface area contributed by atoms with E-state index in [0.717, 1.165) is 29.7 Å². The number of amides is 2. The van der Waals surface area contributed by atoms with Crippen LogP contribution in [-0.2, 0) is 4.79 Å². The summed E-state index contributed by atoms with van der Waals surface area (Å²) in [5.74, 6) is 0.565. The molecule has 1 aromatic carbocycles. The summed E-state index contributed by atoms with van der Waals surface area (Å²) in [6.45, 7) is 1.93. The number of aromatic nitrogens is 1. The molecule has 0 spiro atoms. The van der Waals surface area contributed by atoms with Crippen LogP contribution in [0.1, 0.15) is 23.2 Å². The first-order valence-electron chi connectivity index (χ1n) is 9.36. The summed E-state index contributed by atoms with van der Waals surface area (Å²) in [5, 5.41) is 12.6. The quantitative estimate of drug-likeness (QED) is 0.852. The Kier molecular flexibility index (Phi) is 5.35. The number of anilines is 1. The SMILES string of the molecule is N#CC1CSCN1C(=O)CNC(=O)c1ccnc2ccc(N3CCCC3)cc12. The zero-order valence-electron chi connectivity index (χ0n) is 15.4. The van der Waals surface area contributed by atoms with Gasteiger partial charge in [-0.3, -0.25) is 14.6 Å². The van der Waals surface area contributed by atoms with Crippen LogP contribution in [0.5, 0.6) is 0 Å². The normalized spacial score (nSPS) is 19.0. The van der Waals surface area contributed by atoms with Crippen LogP contribution in [0.2, 0.25) is 0 Å². The molecule has 2 fully saturated rings. The van der Waals surface area contributed by atoms with Gasteiger partial charge in [0.05, 0.1) is 29.6 Å². The number of pyridine rings is 1. The largest absolute Gasteiger partial charge is 0.372 e. The number of nitrogens with zero attached hydrogens (tertiary/aromatic N) is 4. The van der Waals surface area contributed by atoms with E-state index in [1.54, 1.807) is 24.0 Å². The third kappa shape index (κ3) is 3.62. The average Bonchev–Trinajstić information content (AvgIpc) is 3.42. The maximum atomic E-state index is 12.8. The molecule has 0 aliphatic carbocycles. The molecule has 2 aromatic rings. The molecule has 0 saturated carbocycles. The van der Waals surface area contributed by atoms with Gasteiger partial charge >= 0.3 is 0 Å². The second-order valence-corrected chi connectivity index (χ2v) is 7.94. The third-order valence-corrected chi connectivity index (χ3v) is 6.21. The Bertz CT molecular complexity index is 951. The number of carbonyl (C=O) groups excluding carboxylic acids is 2. The first-order chi connectivity index (χ1) is 13.7. The van der Waals surface area contributed by atoms with Crippen LogP contribution < -0.4 is 10.2 Å². The molecule has 1 aromatic heterocycles. The Morgan fingerprint density at radius 1 is 1.29 bits per heavy atom. The summed E-state index contributed by atoms with van der Waals surface area (Å²) in [6.07, 6.45) is 3.97. The van der Waals surface area contributed by atoms with Crippen molar-refractivity contribution in [2.75, 3.05) is 36.2 Å². The van der Waals surface area contributed by atoms with Crippen molar-refractivity contribution in [2.45, 2.75) is 18.9 Å². The molecule has 1 N–H and O–H groups in total. The lowest BCUT2D eigenvalue weighted by molar-refractivity contribution is -0.129. The molecule has 0 radical (unpaired) electrons. The fourth-order valence-electron chi connectivity index (χ4n) is 3.65. The van der Waals surface area contributed by atoms with Crippen LogP contribution in [0, 0.1) is 11.3 Å². The van der Waals surface area contributed by atoms with E-state index in [9.17, 15) is 9.59 Å². The Hall–Kier alpha value is -2.79. The monoisotopic (exact) mass is 395 g/mol. The van der Waals surface area contributed by atoms with Crippen molar-refractivity contribution in [1.29, 1.82) is 5.26 Å². The van der Waals surface area contributed by atoms with Gasteiger partial charge in [0.25, 0.3) is 5.91 Å². The summed E-state index contributed by atoms with van der Waals surface area (Å²) in [5.41, 5.74) is 2.35. The van der Waals surface area contributed by atoms with Crippen molar-refractivity contribution in [1.82, 2.24) is 15.2 Å². The first-order valence-corrected chi connectivity index (χ1v) is 10.5. The molecule has 1 atom stereocenters. The van der Waals surface area contributed by atoms with Crippen molar-refractivity contribution in [3.8, 4) is 6.07 Å². The van der Waals surface area contributed by atoms with Crippen molar-refractivity contribution in [3.05, 3.63) is 36.0 Å². The number of thioether (sulfide) groups is 1. The fourth-order valence-corrected chi connectivity index (χ4v) is 4.76. The van der Waals surface area contributed by atoms with Crippen molar-refractivity contribution in [2.24, 2.45) is 0 Å². The van der Waals surface area contributed by atoms with Crippen LogP contribution >= 0.6 is 11.8 Å². The molecule has 0 bridgehead atoms. The lowest BCUT2D eigenvalue weighted by Crippen LogP contribution is -2.42. The topological polar surface area (TPSA) is 89.3 Å². The van der Waals surface area contributed by atoms with Gasteiger partial charge in [0.15, 0.2) is 0 Å². The predicted octanol–water partition coefficient (Wildman–Crippen LogP) is 1.99. The van der Waals surface area contributed by atoms with E-state index in [2.05, 4.69) is 21.3 Å². The molecule has 7 nitrogen and oxygen atoms in total. The van der Waals surface area contributed by atoms with Gasteiger partial charge in [-0.15, -0.1) is 11.8 Å². The fraction of sp³-hybridized carbons (Fsp3) is 0.400. The molecule has 144 valence electrons. The van der Waals surface area contributed by atoms with Gasteiger partial charge in [-0.2, -0.15) is 5.26 Å². The Morgan fingerprint density at radius 2 is 2.11 bits per heavy atom. The molecular weight excluding hydrogens is 374 g/mol. The maximum Gasteiger partial charge on any atom is 0.252 e. The highest BCUT2D eigenvalue weighted by Crippen LogP contribution is 2.26.